The summed E-state index contributed by atoms with van der Waals surface area (Å²) in [6.45, 7) is 12.4. The molecule has 0 aromatic heterocycles. The largest absolute Gasteiger partial charge is 0.480 e. The Balaban J connectivity index is -0.000000603. The molecule has 46 heavy (non-hydrogen) atoms. The zero-order valence-corrected chi connectivity index (χ0v) is 31.6. The summed E-state index contributed by atoms with van der Waals surface area (Å²) in [6, 6.07) is -0.866. The maximum Gasteiger partial charge on any atom is 0.408 e. The quantitative estimate of drug-likeness (QED) is 0.0594. The maximum atomic E-state index is 11.3. The molecule has 0 fully saturated rings. The molecule has 0 radical (unpaired) electrons. The lowest BCUT2D eigenvalue weighted by Crippen LogP contribution is -2.43. The fourth-order valence-electron chi connectivity index (χ4n) is 5.02. The highest BCUT2D eigenvalue weighted by molar-refractivity contribution is 5.79. The summed E-state index contributed by atoms with van der Waals surface area (Å²) in [5.41, 5.74) is -0.613. The SMILES string of the molecule is CCCCC(NC(=O)OC(C)(C)C)C(=O)O.CCCCCCCCCCCCCCO.CCCCCCCCCCCCCCO. The second kappa shape index (κ2) is 39.8. The minimum atomic E-state index is -1.03. The van der Waals surface area contributed by atoms with Gasteiger partial charge >= 0.3 is 12.1 Å². The summed E-state index contributed by atoms with van der Waals surface area (Å²) in [6.07, 6.45) is 33.9. The number of hydrogen-bond acceptors (Lipinski definition) is 5. The van der Waals surface area contributed by atoms with Crippen LogP contribution in [0.5, 0.6) is 0 Å². The van der Waals surface area contributed by atoms with Crippen molar-refractivity contribution in [1.82, 2.24) is 5.32 Å². The first-order valence-electron chi connectivity index (χ1n) is 19.5. The first-order chi connectivity index (χ1) is 22.1. The van der Waals surface area contributed by atoms with Crippen LogP contribution < -0.4 is 5.32 Å². The molecule has 1 amide bonds. The van der Waals surface area contributed by atoms with Gasteiger partial charge in [0.15, 0.2) is 0 Å². The van der Waals surface area contributed by atoms with Crippen molar-refractivity contribution < 1.29 is 29.6 Å². The van der Waals surface area contributed by atoms with Crippen LogP contribution in [0.25, 0.3) is 0 Å². The Morgan fingerprint density at radius 1 is 0.522 bits per heavy atom. The Kier molecular flexibility index (Phi) is 42.5. The third-order valence-electron chi connectivity index (χ3n) is 7.86. The highest BCUT2D eigenvalue weighted by atomic mass is 16.6. The van der Waals surface area contributed by atoms with Gasteiger partial charge in [-0.15, -0.1) is 0 Å². The van der Waals surface area contributed by atoms with Crippen LogP contribution >= 0.6 is 0 Å². The van der Waals surface area contributed by atoms with Gasteiger partial charge in [0.05, 0.1) is 0 Å². The Bertz CT molecular complexity index is 558. The first-order valence-corrected chi connectivity index (χ1v) is 19.5. The van der Waals surface area contributed by atoms with Crippen molar-refractivity contribution in [3.8, 4) is 0 Å². The zero-order valence-electron chi connectivity index (χ0n) is 31.6. The van der Waals surface area contributed by atoms with E-state index in [1.54, 1.807) is 20.8 Å². The lowest BCUT2D eigenvalue weighted by molar-refractivity contribution is -0.139. The van der Waals surface area contributed by atoms with E-state index < -0.39 is 23.7 Å². The smallest absolute Gasteiger partial charge is 0.408 e. The summed E-state index contributed by atoms with van der Waals surface area (Å²) in [7, 11) is 0. The number of aliphatic hydroxyl groups is 2. The van der Waals surface area contributed by atoms with E-state index in [1.807, 2.05) is 6.92 Å². The van der Waals surface area contributed by atoms with E-state index in [2.05, 4.69) is 19.2 Å². The van der Waals surface area contributed by atoms with E-state index in [-0.39, 0.29) is 0 Å². The van der Waals surface area contributed by atoms with E-state index in [0.29, 0.717) is 19.6 Å². The predicted molar refractivity (Wildman–Crippen MR) is 197 cm³/mol. The molecule has 4 N–H and O–H groups in total. The number of aliphatic carboxylic acids is 1. The predicted octanol–water partition coefficient (Wildman–Crippen LogP) is 11.5. The number of carbonyl (C=O) groups is 2. The molecule has 7 nitrogen and oxygen atoms in total. The Labute approximate surface area is 286 Å². The topological polar surface area (TPSA) is 116 Å². The minimum absolute atomic E-state index is 0.372. The third-order valence-corrected chi connectivity index (χ3v) is 7.86. The number of carboxylic acid groups (broad SMARTS) is 1. The maximum absolute atomic E-state index is 11.3. The van der Waals surface area contributed by atoms with E-state index in [9.17, 15) is 9.59 Å². The van der Waals surface area contributed by atoms with Gasteiger partial charge in [-0.3, -0.25) is 0 Å². The summed E-state index contributed by atoms with van der Waals surface area (Å²) >= 11 is 0. The van der Waals surface area contributed by atoms with Crippen LogP contribution in [0, 0.1) is 0 Å². The summed E-state index contributed by atoms with van der Waals surface area (Å²) < 4.78 is 4.98. The Hall–Kier alpha value is -1.34. The number of rotatable bonds is 29. The van der Waals surface area contributed by atoms with Gasteiger partial charge in [0, 0.05) is 13.2 Å². The number of carboxylic acids is 1. The van der Waals surface area contributed by atoms with Gasteiger partial charge in [-0.2, -0.15) is 0 Å². The van der Waals surface area contributed by atoms with Gasteiger partial charge in [0.1, 0.15) is 11.6 Å². The van der Waals surface area contributed by atoms with Crippen LogP contribution in [0.4, 0.5) is 4.79 Å². The number of unbranched alkanes of at least 4 members (excludes halogenated alkanes) is 23. The lowest BCUT2D eigenvalue weighted by Gasteiger charge is -2.21. The number of hydrogen-bond donors (Lipinski definition) is 4. The van der Waals surface area contributed by atoms with Crippen LogP contribution in [0.15, 0.2) is 0 Å². The molecule has 0 saturated carbocycles. The number of nitrogens with one attached hydrogen (secondary N) is 1. The molecule has 278 valence electrons. The highest BCUT2D eigenvalue weighted by Crippen LogP contribution is 2.13. The summed E-state index contributed by atoms with van der Waals surface area (Å²) in [5, 5.41) is 28.4. The molecule has 0 heterocycles. The zero-order chi connectivity index (χ0) is 35.2. The van der Waals surface area contributed by atoms with Crippen LogP contribution in [-0.4, -0.2) is 52.2 Å². The first kappa shape index (κ1) is 49.1. The van der Waals surface area contributed by atoms with Crippen molar-refractivity contribution in [2.45, 2.75) is 227 Å². The molecular formula is C39H81NO6. The molecule has 0 aromatic rings. The molecule has 1 atom stereocenters. The molecule has 7 heteroatoms. The monoisotopic (exact) mass is 660 g/mol. The molecule has 0 aromatic carbocycles. The highest BCUT2D eigenvalue weighted by Gasteiger charge is 2.23. The fraction of sp³-hybridized carbons (Fsp3) is 0.949. The second-order valence-electron chi connectivity index (χ2n) is 13.9. The average Bonchev–Trinajstić information content (AvgIpc) is 3.00. The van der Waals surface area contributed by atoms with Crippen molar-refractivity contribution in [3.05, 3.63) is 0 Å². The van der Waals surface area contributed by atoms with Gasteiger partial charge in [-0.25, -0.2) is 9.59 Å². The standard InChI is InChI=1S/2C14H30O.C11H21NO4/c2*1-2-3-4-5-6-7-8-9-10-11-12-13-14-15;1-5-6-7-8(9(13)14)12-10(15)16-11(2,3)4/h2*15H,2-14H2,1H3;8H,5-7H2,1-4H3,(H,12,15)(H,13,14). The van der Waals surface area contributed by atoms with Gasteiger partial charge < -0.3 is 25.4 Å². The number of amides is 1. The average molecular weight is 660 g/mol. The molecule has 0 bridgehead atoms. The lowest BCUT2D eigenvalue weighted by atomic mass is 10.1. The molecule has 0 rings (SSSR count). The van der Waals surface area contributed by atoms with Crippen LogP contribution in [-0.2, 0) is 9.53 Å². The second-order valence-corrected chi connectivity index (χ2v) is 13.9. The Morgan fingerprint density at radius 2 is 0.804 bits per heavy atom. The van der Waals surface area contributed by atoms with Gasteiger partial charge in [0.2, 0.25) is 0 Å². The van der Waals surface area contributed by atoms with Crippen molar-refractivity contribution in [1.29, 1.82) is 0 Å². The molecule has 0 spiro atoms. The van der Waals surface area contributed by atoms with E-state index in [1.165, 1.54) is 141 Å². The van der Waals surface area contributed by atoms with Crippen LogP contribution in [0.1, 0.15) is 215 Å². The number of ether oxygens (including phenoxy) is 1. The van der Waals surface area contributed by atoms with Crippen molar-refractivity contribution in [2.24, 2.45) is 0 Å². The Morgan fingerprint density at radius 3 is 1.04 bits per heavy atom. The van der Waals surface area contributed by atoms with Gasteiger partial charge in [0.25, 0.3) is 0 Å². The summed E-state index contributed by atoms with van der Waals surface area (Å²) in [5.74, 6) is -1.03. The molecule has 0 aliphatic rings. The molecular weight excluding hydrogens is 578 g/mol. The number of alkyl carbamates (subject to hydrolysis) is 1. The normalized spacial score (nSPS) is 11.6. The molecule has 0 aliphatic heterocycles. The van der Waals surface area contributed by atoms with Crippen molar-refractivity contribution >= 4 is 12.1 Å². The van der Waals surface area contributed by atoms with Gasteiger partial charge in [-0.1, -0.05) is 175 Å². The summed E-state index contributed by atoms with van der Waals surface area (Å²) in [4.78, 5) is 22.2. The molecule has 1 unspecified atom stereocenters. The number of carbonyl (C=O) groups excluding carboxylic acids is 1. The minimum Gasteiger partial charge on any atom is -0.480 e. The van der Waals surface area contributed by atoms with E-state index in [4.69, 9.17) is 20.1 Å². The third kappa shape index (κ3) is 47.1. The number of aliphatic hydroxyl groups excluding tert-OH is 2. The molecule has 0 aliphatic carbocycles. The van der Waals surface area contributed by atoms with E-state index >= 15 is 0 Å². The fourth-order valence-corrected chi connectivity index (χ4v) is 5.02. The van der Waals surface area contributed by atoms with Gasteiger partial charge in [-0.05, 0) is 40.0 Å². The van der Waals surface area contributed by atoms with Crippen LogP contribution in [0.3, 0.4) is 0 Å². The van der Waals surface area contributed by atoms with E-state index in [0.717, 1.165) is 25.7 Å². The molecule has 0 saturated heterocycles. The van der Waals surface area contributed by atoms with Crippen LogP contribution in [0.2, 0.25) is 0 Å². The van der Waals surface area contributed by atoms with Crippen molar-refractivity contribution in [2.75, 3.05) is 13.2 Å². The van der Waals surface area contributed by atoms with Crippen molar-refractivity contribution in [3.63, 3.8) is 0 Å².